The van der Waals surface area contributed by atoms with Crippen LogP contribution in [0.25, 0.3) is 0 Å². The van der Waals surface area contributed by atoms with E-state index in [2.05, 4.69) is 10.4 Å². The van der Waals surface area contributed by atoms with Crippen molar-refractivity contribution in [2.75, 3.05) is 18.5 Å². The molecule has 2 aliphatic rings. The zero-order chi connectivity index (χ0) is 16.4. The molecule has 0 saturated heterocycles. The van der Waals surface area contributed by atoms with E-state index in [0.717, 1.165) is 24.3 Å². The van der Waals surface area contributed by atoms with Gasteiger partial charge in [0.25, 0.3) is 0 Å². The van der Waals surface area contributed by atoms with Gasteiger partial charge in [0.1, 0.15) is 19.8 Å². The van der Waals surface area contributed by atoms with E-state index in [1.165, 1.54) is 24.8 Å². The maximum absolute atomic E-state index is 12.3. The Kier molecular flexibility index (Phi) is 4.11. The molecule has 24 heavy (non-hydrogen) atoms. The van der Waals surface area contributed by atoms with Crippen molar-refractivity contribution in [3.8, 4) is 11.5 Å². The summed E-state index contributed by atoms with van der Waals surface area (Å²) < 4.78 is 12.8. The molecule has 0 bridgehead atoms. The van der Waals surface area contributed by atoms with Crippen LogP contribution >= 0.6 is 0 Å². The molecule has 4 rings (SSSR count). The number of benzene rings is 1. The van der Waals surface area contributed by atoms with Gasteiger partial charge < -0.3 is 14.8 Å². The number of anilines is 1. The van der Waals surface area contributed by atoms with Crippen molar-refractivity contribution in [2.24, 2.45) is 0 Å². The van der Waals surface area contributed by atoms with E-state index < -0.39 is 0 Å². The molecule has 0 unspecified atom stereocenters. The Hall–Kier alpha value is -2.50. The Morgan fingerprint density at radius 3 is 2.88 bits per heavy atom. The molecule has 1 N–H and O–H groups in total. The number of rotatable bonds is 3. The second kappa shape index (κ2) is 6.55. The van der Waals surface area contributed by atoms with Crippen molar-refractivity contribution in [1.29, 1.82) is 0 Å². The lowest BCUT2D eigenvalue weighted by Gasteiger charge is -2.19. The van der Waals surface area contributed by atoms with Crippen molar-refractivity contribution in [1.82, 2.24) is 9.78 Å². The van der Waals surface area contributed by atoms with Crippen LogP contribution in [0.3, 0.4) is 0 Å². The molecule has 0 fully saturated rings. The molecule has 1 aliphatic heterocycles. The van der Waals surface area contributed by atoms with Gasteiger partial charge in [0.2, 0.25) is 5.91 Å². The fraction of sp³-hybridized carbons (Fsp3) is 0.444. The first-order valence-corrected chi connectivity index (χ1v) is 8.53. The average molecular weight is 327 g/mol. The maximum atomic E-state index is 12.3. The summed E-state index contributed by atoms with van der Waals surface area (Å²) in [4.78, 5) is 12.3. The lowest BCUT2D eigenvalue weighted by Crippen LogP contribution is -2.20. The molecular formula is C18H21N3O3. The van der Waals surface area contributed by atoms with Gasteiger partial charge in [-0.05, 0) is 43.4 Å². The van der Waals surface area contributed by atoms with Crippen LogP contribution in [0.15, 0.2) is 24.4 Å². The SMILES string of the molecule is O=C(Cn1cc2c(n1)CCCCC2)Nc1ccc2c(c1)OCCO2. The maximum Gasteiger partial charge on any atom is 0.246 e. The zero-order valence-corrected chi connectivity index (χ0v) is 13.6. The second-order valence-corrected chi connectivity index (χ2v) is 6.27. The number of carbonyl (C=O) groups is 1. The Labute approximate surface area is 140 Å². The number of nitrogens with zero attached hydrogens (tertiary/aromatic N) is 2. The number of aromatic nitrogens is 2. The molecule has 2 aromatic rings. The number of nitrogens with one attached hydrogen (secondary N) is 1. The molecule has 0 saturated carbocycles. The van der Waals surface area contributed by atoms with E-state index in [1.54, 1.807) is 10.7 Å². The van der Waals surface area contributed by atoms with Crippen LogP contribution < -0.4 is 14.8 Å². The van der Waals surface area contributed by atoms with Crippen LogP contribution in [0.5, 0.6) is 11.5 Å². The average Bonchev–Trinajstić information content (AvgIpc) is 2.82. The molecule has 1 aromatic carbocycles. The lowest BCUT2D eigenvalue weighted by molar-refractivity contribution is -0.116. The highest BCUT2D eigenvalue weighted by atomic mass is 16.6. The summed E-state index contributed by atoms with van der Waals surface area (Å²) in [5.41, 5.74) is 3.15. The minimum absolute atomic E-state index is 0.0932. The largest absolute Gasteiger partial charge is 0.486 e. The van der Waals surface area contributed by atoms with E-state index in [0.29, 0.717) is 24.7 Å². The molecule has 2 heterocycles. The second-order valence-electron chi connectivity index (χ2n) is 6.27. The van der Waals surface area contributed by atoms with Gasteiger partial charge in [0, 0.05) is 18.0 Å². The van der Waals surface area contributed by atoms with Gasteiger partial charge in [-0.1, -0.05) is 6.42 Å². The van der Waals surface area contributed by atoms with Gasteiger partial charge in [-0.3, -0.25) is 9.48 Å². The standard InChI is InChI=1S/C18H21N3O3/c22-18(12-21-11-13-4-2-1-3-5-15(13)20-21)19-14-6-7-16-17(10-14)24-9-8-23-16/h6-7,10-11H,1-5,8-9,12H2,(H,19,22). The van der Waals surface area contributed by atoms with E-state index in [9.17, 15) is 4.79 Å². The van der Waals surface area contributed by atoms with Crippen molar-refractivity contribution >= 4 is 11.6 Å². The summed E-state index contributed by atoms with van der Waals surface area (Å²) in [7, 11) is 0. The topological polar surface area (TPSA) is 65.4 Å². The molecule has 0 atom stereocenters. The highest BCUT2D eigenvalue weighted by molar-refractivity contribution is 5.90. The lowest BCUT2D eigenvalue weighted by atomic mass is 10.1. The van der Waals surface area contributed by atoms with Gasteiger partial charge in [0.15, 0.2) is 11.5 Å². The Bertz CT molecular complexity index is 730. The fourth-order valence-electron chi connectivity index (χ4n) is 3.26. The van der Waals surface area contributed by atoms with Gasteiger partial charge in [0.05, 0.1) is 5.69 Å². The van der Waals surface area contributed by atoms with Crippen LogP contribution in [-0.2, 0) is 24.2 Å². The zero-order valence-electron chi connectivity index (χ0n) is 13.6. The quantitative estimate of drug-likeness (QED) is 0.880. The van der Waals surface area contributed by atoms with Crippen molar-refractivity contribution in [3.63, 3.8) is 0 Å². The highest BCUT2D eigenvalue weighted by Gasteiger charge is 2.15. The van der Waals surface area contributed by atoms with Gasteiger partial charge in [-0.25, -0.2) is 0 Å². The summed E-state index contributed by atoms with van der Waals surface area (Å²) in [6, 6.07) is 5.44. The summed E-state index contributed by atoms with van der Waals surface area (Å²) in [5, 5.41) is 7.47. The van der Waals surface area contributed by atoms with Crippen LogP contribution in [0, 0.1) is 0 Å². The molecule has 0 radical (unpaired) electrons. The first kappa shape index (κ1) is 15.1. The molecule has 126 valence electrons. The Morgan fingerprint density at radius 2 is 1.96 bits per heavy atom. The van der Waals surface area contributed by atoms with Crippen molar-refractivity contribution in [2.45, 2.75) is 38.6 Å². The van der Waals surface area contributed by atoms with E-state index >= 15 is 0 Å². The van der Waals surface area contributed by atoms with E-state index in [1.807, 2.05) is 18.3 Å². The summed E-state index contributed by atoms with van der Waals surface area (Å²) >= 11 is 0. The molecule has 6 heteroatoms. The third-order valence-electron chi connectivity index (χ3n) is 4.42. The minimum Gasteiger partial charge on any atom is -0.486 e. The van der Waals surface area contributed by atoms with Crippen molar-refractivity contribution < 1.29 is 14.3 Å². The fourth-order valence-corrected chi connectivity index (χ4v) is 3.26. The number of amides is 1. The van der Waals surface area contributed by atoms with Gasteiger partial charge >= 0.3 is 0 Å². The van der Waals surface area contributed by atoms with E-state index in [-0.39, 0.29) is 12.5 Å². The molecule has 1 aliphatic carbocycles. The molecule has 1 amide bonds. The summed E-state index contributed by atoms with van der Waals surface area (Å²) in [6.45, 7) is 1.31. The smallest absolute Gasteiger partial charge is 0.246 e. The number of fused-ring (bicyclic) bond motifs is 2. The third-order valence-corrected chi connectivity index (χ3v) is 4.42. The van der Waals surface area contributed by atoms with Crippen LogP contribution in [0.4, 0.5) is 5.69 Å². The summed E-state index contributed by atoms with van der Waals surface area (Å²) in [6.07, 6.45) is 7.77. The number of aryl methyl sites for hydroxylation is 2. The minimum atomic E-state index is -0.0932. The third kappa shape index (κ3) is 3.22. The first-order chi connectivity index (χ1) is 11.8. The van der Waals surface area contributed by atoms with Crippen LogP contribution in [0.1, 0.15) is 30.5 Å². The number of hydrogen-bond donors (Lipinski definition) is 1. The molecule has 1 aromatic heterocycles. The van der Waals surface area contributed by atoms with Crippen LogP contribution in [-0.4, -0.2) is 28.9 Å². The van der Waals surface area contributed by atoms with E-state index in [4.69, 9.17) is 9.47 Å². The summed E-state index contributed by atoms with van der Waals surface area (Å²) in [5.74, 6) is 1.30. The normalized spacial score (nSPS) is 16.2. The first-order valence-electron chi connectivity index (χ1n) is 8.53. The Balaban J connectivity index is 1.41. The number of carbonyl (C=O) groups excluding carboxylic acids is 1. The predicted octanol–water partition coefficient (Wildman–Crippen LogP) is 2.56. The highest BCUT2D eigenvalue weighted by Crippen LogP contribution is 2.32. The van der Waals surface area contributed by atoms with Crippen molar-refractivity contribution in [3.05, 3.63) is 35.7 Å². The van der Waals surface area contributed by atoms with Crippen LogP contribution in [0.2, 0.25) is 0 Å². The molecule has 6 nitrogen and oxygen atoms in total. The number of hydrogen-bond acceptors (Lipinski definition) is 4. The molecule has 0 spiro atoms. The van der Waals surface area contributed by atoms with Gasteiger partial charge in [-0.2, -0.15) is 5.10 Å². The Morgan fingerprint density at radius 1 is 1.12 bits per heavy atom. The monoisotopic (exact) mass is 327 g/mol. The number of ether oxygens (including phenoxy) is 2. The molecular weight excluding hydrogens is 306 g/mol. The predicted molar refractivity (Wildman–Crippen MR) is 89.5 cm³/mol. The van der Waals surface area contributed by atoms with Gasteiger partial charge in [-0.15, -0.1) is 0 Å².